The normalized spacial score (nSPS) is 10.2. The summed E-state index contributed by atoms with van der Waals surface area (Å²) in [6.07, 6.45) is 5.22. The van der Waals surface area contributed by atoms with Gasteiger partial charge in [0.1, 0.15) is 12.3 Å². The highest BCUT2D eigenvalue weighted by Crippen LogP contribution is 2.29. The molecule has 0 bridgehead atoms. The van der Waals surface area contributed by atoms with Crippen LogP contribution in [0.2, 0.25) is 0 Å². The smallest absolute Gasteiger partial charge is 0.255 e. The number of aromatic nitrogens is 4. The maximum Gasteiger partial charge on any atom is 0.255 e. The fraction of sp³-hybridized carbons (Fsp3) is 0.211. The molecule has 28 heavy (non-hydrogen) atoms. The molecule has 0 aliphatic carbocycles. The van der Waals surface area contributed by atoms with Gasteiger partial charge in [0.15, 0.2) is 0 Å². The van der Waals surface area contributed by atoms with Gasteiger partial charge < -0.3 is 15.4 Å². The standard InChI is InChI=1S/C19H19N7O2/c1-12-9-22-19(24-14-10-23-26(2)11-14)25-17(12)13-4-5-15(16(8-13)28-3)18(27)21-7-6-20/h4-5,8-11H,7H2,1-3H3,(H,21,27)(H,22,24,25). The summed E-state index contributed by atoms with van der Waals surface area (Å²) in [6.45, 7) is 1.83. The second-order valence-electron chi connectivity index (χ2n) is 6.01. The molecular formula is C19H19N7O2. The third kappa shape index (κ3) is 4.07. The van der Waals surface area contributed by atoms with Gasteiger partial charge >= 0.3 is 0 Å². The van der Waals surface area contributed by atoms with E-state index in [0.717, 1.165) is 16.8 Å². The van der Waals surface area contributed by atoms with Gasteiger partial charge in [-0.3, -0.25) is 9.48 Å². The van der Waals surface area contributed by atoms with Crippen molar-refractivity contribution in [1.82, 2.24) is 25.1 Å². The van der Waals surface area contributed by atoms with Gasteiger partial charge in [0, 0.05) is 25.0 Å². The van der Waals surface area contributed by atoms with Crippen LogP contribution in [0.15, 0.2) is 36.8 Å². The summed E-state index contributed by atoms with van der Waals surface area (Å²) in [6, 6.07) is 7.05. The molecular weight excluding hydrogens is 358 g/mol. The van der Waals surface area contributed by atoms with Crippen LogP contribution in [-0.2, 0) is 7.05 Å². The maximum atomic E-state index is 12.2. The third-order valence-corrected chi connectivity index (χ3v) is 3.98. The Hall–Kier alpha value is -3.93. The van der Waals surface area contributed by atoms with Gasteiger partial charge in [-0.05, 0) is 24.6 Å². The van der Waals surface area contributed by atoms with Crippen LogP contribution in [0.3, 0.4) is 0 Å². The van der Waals surface area contributed by atoms with E-state index in [1.807, 2.05) is 26.2 Å². The Morgan fingerprint density at radius 3 is 2.86 bits per heavy atom. The zero-order chi connectivity index (χ0) is 20.1. The van der Waals surface area contributed by atoms with Gasteiger partial charge in [0.2, 0.25) is 5.95 Å². The summed E-state index contributed by atoms with van der Waals surface area (Å²) in [7, 11) is 3.32. The zero-order valence-corrected chi connectivity index (χ0v) is 15.7. The number of rotatable bonds is 6. The molecule has 0 spiro atoms. The molecule has 0 aliphatic heterocycles. The van der Waals surface area contributed by atoms with Crippen molar-refractivity contribution < 1.29 is 9.53 Å². The van der Waals surface area contributed by atoms with E-state index in [9.17, 15) is 4.79 Å². The van der Waals surface area contributed by atoms with Crippen molar-refractivity contribution >= 4 is 17.5 Å². The molecule has 2 heterocycles. The first kappa shape index (κ1) is 18.8. The Bertz CT molecular complexity index is 1050. The Kier molecular flexibility index (Phi) is 5.50. The number of carbonyl (C=O) groups excluding carboxylic acids is 1. The van der Waals surface area contributed by atoms with Gasteiger partial charge in [0.25, 0.3) is 5.91 Å². The Morgan fingerprint density at radius 1 is 1.36 bits per heavy atom. The third-order valence-electron chi connectivity index (χ3n) is 3.98. The predicted molar refractivity (Wildman–Crippen MR) is 103 cm³/mol. The number of methoxy groups -OCH3 is 1. The average molecular weight is 377 g/mol. The molecule has 2 N–H and O–H groups in total. The molecule has 3 aromatic rings. The van der Waals surface area contributed by atoms with Crippen LogP contribution in [0.5, 0.6) is 5.75 Å². The highest BCUT2D eigenvalue weighted by atomic mass is 16.5. The van der Waals surface area contributed by atoms with Crippen LogP contribution in [-0.4, -0.2) is 39.3 Å². The van der Waals surface area contributed by atoms with Gasteiger partial charge in [-0.1, -0.05) is 6.07 Å². The van der Waals surface area contributed by atoms with Crippen LogP contribution in [0.25, 0.3) is 11.3 Å². The summed E-state index contributed by atoms with van der Waals surface area (Å²) in [4.78, 5) is 21.1. The Morgan fingerprint density at radius 2 is 2.18 bits per heavy atom. The lowest BCUT2D eigenvalue weighted by Gasteiger charge is -2.12. The zero-order valence-electron chi connectivity index (χ0n) is 15.7. The van der Waals surface area contributed by atoms with Crippen LogP contribution in [0, 0.1) is 18.3 Å². The Labute approximate surface area is 162 Å². The van der Waals surface area contributed by atoms with Crippen molar-refractivity contribution in [2.45, 2.75) is 6.92 Å². The average Bonchev–Trinajstić information content (AvgIpc) is 3.11. The molecule has 9 nitrogen and oxygen atoms in total. The lowest BCUT2D eigenvalue weighted by atomic mass is 10.0. The highest BCUT2D eigenvalue weighted by Gasteiger charge is 2.15. The summed E-state index contributed by atoms with van der Waals surface area (Å²) in [5, 5.41) is 18.3. The van der Waals surface area contributed by atoms with Crippen LogP contribution < -0.4 is 15.4 Å². The molecule has 1 aromatic carbocycles. The van der Waals surface area contributed by atoms with E-state index >= 15 is 0 Å². The van der Waals surface area contributed by atoms with Crippen molar-refractivity contribution in [2.24, 2.45) is 7.05 Å². The molecule has 0 atom stereocenters. The molecule has 9 heteroatoms. The van der Waals surface area contributed by atoms with E-state index in [1.54, 1.807) is 35.3 Å². The fourth-order valence-electron chi connectivity index (χ4n) is 2.65. The van der Waals surface area contributed by atoms with Crippen LogP contribution in [0.4, 0.5) is 11.6 Å². The van der Waals surface area contributed by atoms with E-state index in [2.05, 4.69) is 25.7 Å². The first-order valence-electron chi connectivity index (χ1n) is 8.44. The number of carbonyl (C=O) groups is 1. The largest absolute Gasteiger partial charge is 0.496 e. The number of nitrogens with zero attached hydrogens (tertiary/aromatic N) is 5. The quantitative estimate of drug-likeness (QED) is 0.632. The van der Waals surface area contributed by atoms with Gasteiger partial charge in [-0.15, -0.1) is 0 Å². The van der Waals surface area contributed by atoms with Gasteiger partial charge in [0.05, 0.1) is 36.3 Å². The van der Waals surface area contributed by atoms with E-state index in [-0.39, 0.29) is 12.5 Å². The van der Waals surface area contributed by atoms with Crippen molar-refractivity contribution in [1.29, 1.82) is 5.26 Å². The number of anilines is 2. The van der Waals surface area contributed by atoms with Crippen LogP contribution in [0.1, 0.15) is 15.9 Å². The molecule has 0 saturated heterocycles. The second-order valence-corrected chi connectivity index (χ2v) is 6.01. The van der Waals surface area contributed by atoms with Crippen molar-refractivity contribution in [3.8, 4) is 23.1 Å². The number of amides is 1. The molecule has 1 amide bonds. The predicted octanol–water partition coefficient (Wildman–Crippen LogP) is 2.19. The summed E-state index contributed by atoms with van der Waals surface area (Å²) in [5.41, 5.74) is 3.49. The van der Waals surface area contributed by atoms with Gasteiger partial charge in [-0.2, -0.15) is 10.4 Å². The lowest BCUT2D eigenvalue weighted by molar-refractivity contribution is 0.0955. The number of hydrogen-bond acceptors (Lipinski definition) is 7. The summed E-state index contributed by atoms with van der Waals surface area (Å²) in [5.74, 6) is 0.458. The SMILES string of the molecule is COc1cc(-c2nc(Nc3cnn(C)c3)ncc2C)ccc1C(=O)NCC#N. The summed E-state index contributed by atoms with van der Waals surface area (Å²) >= 11 is 0. The monoisotopic (exact) mass is 377 g/mol. The molecule has 0 saturated carbocycles. The van der Waals surface area contributed by atoms with E-state index in [1.165, 1.54) is 7.11 Å². The molecule has 142 valence electrons. The summed E-state index contributed by atoms with van der Waals surface area (Å²) < 4.78 is 7.04. The van der Waals surface area contributed by atoms with E-state index in [0.29, 0.717) is 23.0 Å². The first-order chi connectivity index (χ1) is 13.5. The molecule has 0 unspecified atom stereocenters. The Balaban J connectivity index is 1.93. The minimum Gasteiger partial charge on any atom is -0.496 e. The number of nitrogens with one attached hydrogen (secondary N) is 2. The van der Waals surface area contributed by atoms with E-state index in [4.69, 9.17) is 10.00 Å². The minimum absolute atomic E-state index is 0.0713. The van der Waals surface area contributed by atoms with Crippen LogP contribution >= 0.6 is 0 Å². The molecule has 0 aliphatic rings. The van der Waals surface area contributed by atoms with Crippen molar-refractivity contribution in [3.63, 3.8) is 0 Å². The van der Waals surface area contributed by atoms with Gasteiger partial charge in [-0.25, -0.2) is 9.97 Å². The highest BCUT2D eigenvalue weighted by molar-refractivity contribution is 5.97. The lowest BCUT2D eigenvalue weighted by Crippen LogP contribution is -2.24. The molecule has 0 radical (unpaired) electrons. The number of hydrogen-bond donors (Lipinski definition) is 2. The second kappa shape index (κ2) is 8.18. The van der Waals surface area contributed by atoms with Crippen molar-refractivity contribution in [3.05, 3.63) is 47.9 Å². The number of nitriles is 1. The fourth-order valence-corrected chi connectivity index (χ4v) is 2.65. The molecule has 3 rings (SSSR count). The number of benzene rings is 1. The first-order valence-corrected chi connectivity index (χ1v) is 8.44. The molecule has 2 aromatic heterocycles. The molecule has 0 fully saturated rings. The minimum atomic E-state index is -0.372. The number of aryl methyl sites for hydroxylation is 2. The number of ether oxygens (including phenoxy) is 1. The van der Waals surface area contributed by atoms with E-state index < -0.39 is 0 Å². The maximum absolute atomic E-state index is 12.2. The van der Waals surface area contributed by atoms with Crippen molar-refractivity contribution in [2.75, 3.05) is 19.0 Å². The topological polar surface area (TPSA) is 118 Å².